The monoisotopic (exact) mass is 575 g/mol. The number of nitro groups is 4. The number of hydrogen-bond donors (Lipinski definition) is 3. The molecule has 0 spiro atoms. The summed E-state index contributed by atoms with van der Waals surface area (Å²) in [6.07, 6.45) is 2.11. The van der Waals surface area contributed by atoms with Crippen LogP contribution in [0.4, 0.5) is 34.1 Å². The maximum absolute atomic E-state index is 11.5. The third-order valence-corrected chi connectivity index (χ3v) is 5.60. The molecule has 3 N–H and O–H groups in total. The van der Waals surface area contributed by atoms with Crippen LogP contribution in [0.1, 0.15) is 5.56 Å². The molecule has 1 heterocycles. The van der Waals surface area contributed by atoms with Gasteiger partial charge in [0.15, 0.2) is 11.8 Å². The molecule has 212 valence electrons. The van der Waals surface area contributed by atoms with E-state index < -0.39 is 54.4 Å². The summed E-state index contributed by atoms with van der Waals surface area (Å²) in [5.74, 6) is -0.520. The number of benzene rings is 3. The predicted molar refractivity (Wildman–Crippen MR) is 150 cm³/mol. The summed E-state index contributed by atoms with van der Waals surface area (Å²) in [6.45, 7) is 0. The van der Waals surface area contributed by atoms with Gasteiger partial charge in [-0.2, -0.15) is 10.2 Å². The van der Waals surface area contributed by atoms with E-state index in [2.05, 4.69) is 21.1 Å². The topological polar surface area (TPSA) is 254 Å². The number of non-ortho nitro benzene ring substituents is 2. The van der Waals surface area contributed by atoms with Crippen LogP contribution in [0.5, 0.6) is 0 Å². The van der Waals surface area contributed by atoms with E-state index in [1.807, 2.05) is 0 Å². The molecule has 3 aromatic carbocycles. The molecule has 0 amide bonds. The molecule has 0 aliphatic carbocycles. The fraction of sp³-hybridized carbons (Fsp3) is 0.0417. The van der Waals surface area contributed by atoms with Gasteiger partial charge >= 0.3 is 11.4 Å². The minimum absolute atomic E-state index is 0.0862. The zero-order valence-corrected chi connectivity index (χ0v) is 20.9. The van der Waals surface area contributed by atoms with Crippen molar-refractivity contribution >= 4 is 57.5 Å². The first kappa shape index (κ1) is 28.4. The normalized spacial score (nSPS) is 16.4. The van der Waals surface area contributed by atoms with Gasteiger partial charge < -0.3 is 4.74 Å². The molecule has 18 nitrogen and oxygen atoms in total. The fourth-order valence-electron chi connectivity index (χ4n) is 3.60. The lowest BCUT2D eigenvalue weighted by atomic mass is 10.1. The van der Waals surface area contributed by atoms with Gasteiger partial charge in [0, 0.05) is 12.1 Å². The first-order valence-corrected chi connectivity index (χ1v) is 11.6. The summed E-state index contributed by atoms with van der Waals surface area (Å²) in [6, 6.07) is 14.6. The van der Waals surface area contributed by atoms with E-state index >= 15 is 0 Å². The summed E-state index contributed by atoms with van der Waals surface area (Å²) in [5.41, 5.74) is 2.41. The van der Waals surface area contributed by atoms with Crippen LogP contribution in [-0.2, 0) is 4.74 Å². The Labute approximate surface area is 233 Å². The van der Waals surface area contributed by atoms with E-state index in [0.29, 0.717) is 0 Å². The summed E-state index contributed by atoms with van der Waals surface area (Å²) >= 11 is 0. The summed E-state index contributed by atoms with van der Waals surface area (Å²) < 4.78 is 5.55. The zero-order valence-electron chi connectivity index (χ0n) is 20.9. The quantitative estimate of drug-likeness (QED) is 0.221. The average molecular weight is 575 g/mol. The van der Waals surface area contributed by atoms with Crippen molar-refractivity contribution < 1.29 is 24.4 Å². The second-order valence-electron chi connectivity index (χ2n) is 8.25. The van der Waals surface area contributed by atoms with Crippen LogP contribution < -0.4 is 10.9 Å². The third kappa shape index (κ3) is 6.34. The van der Waals surface area contributed by atoms with Crippen molar-refractivity contribution in [1.29, 1.82) is 5.41 Å². The smallest absolute Gasteiger partial charge is 0.301 e. The van der Waals surface area contributed by atoms with Crippen molar-refractivity contribution in [3.63, 3.8) is 0 Å². The second-order valence-corrected chi connectivity index (χ2v) is 8.25. The number of nitro benzene ring substituents is 4. The molecular weight excluding hydrogens is 558 g/mol. The van der Waals surface area contributed by atoms with E-state index in [9.17, 15) is 40.5 Å². The number of hydrogen-bond acceptors (Lipinski definition) is 14. The van der Waals surface area contributed by atoms with Crippen LogP contribution in [0.15, 0.2) is 83.0 Å². The summed E-state index contributed by atoms with van der Waals surface area (Å²) in [4.78, 5) is 41.8. The first-order chi connectivity index (χ1) is 20.0. The minimum atomic E-state index is -1.06. The van der Waals surface area contributed by atoms with Crippen LogP contribution >= 0.6 is 0 Å². The van der Waals surface area contributed by atoms with Crippen LogP contribution in [0.25, 0.3) is 6.08 Å². The van der Waals surface area contributed by atoms with E-state index in [-0.39, 0.29) is 22.8 Å². The number of anilines is 2. The number of nitrogens with one attached hydrogen (secondary N) is 3. The van der Waals surface area contributed by atoms with Gasteiger partial charge in [-0.25, -0.2) is 0 Å². The molecule has 0 radical (unpaired) electrons. The SMILES string of the molecule is N=C1OC(C=Cc2ccccc2)C(=NNc2ccc([N+](=O)[O-])cc2[N+](=O)[O-])C1=NNc1ccc([N+](=O)[O-])cc1[N+](=O)[O-]. The Kier molecular flexibility index (Phi) is 8.17. The van der Waals surface area contributed by atoms with Crippen molar-refractivity contribution in [2.45, 2.75) is 6.10 Å². The highest BCUT2D eigenvalue weighted by Crippen LogP contribution is 2.30. The van der Waals surface area contributed by atoms with Crippen molar-refractivity contribution in [3.8, 4) is 0 Å². The average Bonchev–Trinajstić information content (AvgIpc) is 3.27. The lowest BCUT2D eigenvalue weighted by Gasteiger charge is -2.07. The predicted octanol–water partition coefficient (Wildman–Crippen LogP) is 4.64. The number of nitrogens with zero attached hydrogens (tertiary/aromatic N) is 6. The largest absolute Gasteiger partial charge is 0.462 e. The van der Waals surface area contributed by atoms with Crippen LogP contribution in [-0.4, -0.2) is 43.1 Å². The van der Waals surface area contributed by atoms with E-state index in [4.69, 9.17) is 10.1 Å². The van der Waals surface area contributed by atoms with Crippen molar-refractivity contribution in [1.82, 2.24) is 0 Å². The van der Waals surface area contributed by atoms with Crippen molar-refractivity contribution in [2.24, 2.45) is 10.2 Å². The Hall–Kier alpha value is -6.59. The highest BCUT2D eigenvalue weighted by Gasteiger charge is 2.35. The van der Waals surface area contributed by atoms with E-state index in [1.54, 1.807) is 36.4 Å². The van der Waals surface area contributed by atoms with Crippen LogP contribution in [0.2, 0.25) is 0 Å². The Balaban J connectivity index is 1.74. The molecule has 1 aliphatic heterocycles. The first-order valence-electron chi connectivity index (χ1n) is 11.6. The molecule has 3 aromatic rings. The van der Waals surface area contributed by atoms with Gasteiger partial charge in [0.1, 0.15) is 17.1 Å². The van der Waals surface area contributed by atoms with Crippen molar-refractivity contribution in [3.05, 3.63) is 119 Å². The maximum Gasteiger partial charge on any atom is 0.301 e. The van der Waals surface area contributed by atoms with Gasteiger partial charge in [-0.1, -0.05) is 36.4 Å². The van der Waals surface area contributed by atoms with Gasteiger partial charge in [-0.05, 0) is 23.8 Å². The van der Waals surface area contributed by atoms with Gasteiger partial charge in [-0.3, -0.25) is 56.7 Å². The molecule has 0 aromatic heterocycles. The molecule has 42 heavy (non-hydrogen) atoms. The molecule has 1 atom stereocenters. The second kappa shape index (κ2) is 12.1. The minimum Gasteiger partial charge on any atom is -0.462 e. The zero-order chi connectivity index (χ0) is 30.4. The molecule has 0 saturated carbocycles. The van der Waals surface area contributed by atoms with Crippen LogP contribution in [0, 0.1) is 45.9 Å². The molecule has 0 bridgehead atoms. The molecule has 1 fully saturated rings. The molecule has 4 rings (SSSR count). The van der Waals surface area contributed by atoms with Crippen LogP contribution in [0.3, 0.4) is 0 Å². The lowest BCUT2D eigenvalue weighted by Crippen LogP contribution is -2.22. The Bertz CT molecular complexity index is 1700. The molecule has 1 aliphatic rings. The standard InChI is InChI=1S/C24H17N9O9/c25-24-23(29-27-18-10-8-16(31(36)37)13-20(18)33(40)41)22(21(42-24)11-6-14-4-2-1-3-5-14)28-26-17-9-7-15(30(34)35)12-19(17)32(38)39/h1-13,21,25-27H. The molecule has 1 saturated heterocycles. The number of hydrazone groups is 2. The number of rotatable bonds is 10. The lowest BCUT2D eigenvalue weighted by molar-refractivity contribution is -0.393. The Morgan fingerprint density at radius 3 is 1.76 bits per heavy atom. The fourth-order valence-corrected chi connectivity index (χ4v) is 3.60. The molecular formula is C24H17N9O9. The Morgan fingerprint density at radius 1 is 0.738 bits per heavy atom. The molecule has 1 unspecified atom stereocenters. The highest BCUT2D eigenvalue weighted by molar-refractivity contribution is 6.70. The number of ether oxygens (including phenoxy) is 1. The van der Waals surface area contributed by atoms with E-state index in [1.165, 1.54) is 6.08 Å². The van der Waals surface area contributed by atoms with E-state index in [0.717, 1.165) is 42.0 Å². The maximum atomic E-state index is 11.5. The molecule has 18 heteroatoms. The van der Waals surface area contributed by atoms with Gasteiger partial charge in [-0.15, -0.1) is 0 Å². The Morgan fingerprint density at radius 2 is 1.26 bits per heavy atom. The summed E-state index contributed by atoms with van der Waals surface area (Å²) in [7, 11) is 0. The van der Waals surface area contributed by atoms with Gasteiger partial charge in [0.2, 0.25) is 5.90 Å². The van der Waals surface area contributed by atoms with Crippen molar-refractivity contribution in [2.75, 3.05) is 10.9 Å². The summed E-state index contributed by atoms with van der Waals surface area (Å²) in [5, 5.41) is 61.5. The van der Waals surface area contributed by atoms with Gasteiger partial charge in [0.25, 0.3) is 11.4 Å². The van der Waals surface area contributed by atoms with Gasteiger partial charge in [0.05, 0.1) is 31.8 Å². The highest BCUT2D eigenvalue weighted by atomic mass is 16.6. The third-order valence-electron chi connectivity index (χ3n) is 5.60.